The minimum Gasteiger partial charge on any atom is -0.465 e. The third-order valence-electron chi connectivity index (χ3n) is 4.61. The highest BCUT2D eigenvalue weighted by Gasteiger charge is 2.43. The first-order valence-electron chi connectivity index (χ1n) is 9.08. The predicted octanol–water partition coefficient (Wildman–Crippen LogP) is 5.56. The van der Waals surface area contributed by atoms with Crippen molar-refractivity contribution in [3.05, 3.63) is 89.8 Å². The summed E-state index contributed by atoms with van der Waals surface area (Å²) in [5.74, 6) is -1.31. The number of carbonyl (C=O) groups excluding carboxylic acids is 1. The Hall–Kier alpha value is -3.45. The summed E-state index contributed by atoms with van der Waals surface area (Å²) in [6.07, 6.45) is 0.972. The van der Waals surface area contributed by atoms with Crippen LogP contribution in [-0.2, 0) is 14.9 Å². The maximum atomic E-state index is 15.0. The third kappa shape index (κ3) is 3.94. The van der Waals surface area contributed by atoms with E-state index in [2.05, 4.69) is 0 Å². The van der Waals surface area contributed by atoms with Crippen molar-refractivity contribution in [3.8, 4) is 6.07 Å². The number of nitrogens with zero attached hydrogens (tertiary/aromatic N) is 1. The highest BCUT2D eigenvalue weighted by molar-refractivity contribution is 5.88. The Morgan fingerprint density at radius 3 is 2.43 bits per heavy atom. The van der Waals surface area contributed by atoms with Gasteiger partial charge in [0.15, 0.2) is 5.41 Å². The van der Waals surface area contributed by atoms with Crippen LogP contribution in [0.4, 0.5) is 4.39 Å². The number of halogens is 1. The van der Waals surface area contributed by atoms with E-state index in [9.17, 15) is 14.4 Å². The Bertz CT molecular complexity index is 1050. The lowest BCUT2D eigenvalue weighted by Crippen LogP contribution is -2.36. The Morgan fingerprint density at radius 2 is 1.75 bits per heavy atom. The Morgan fingerprint density at radius 1 is 1.07 bits per heavy atom. The molecule has 0 heterocycles. The van der Waals surface area contributed by atoms with Crippen molar-refractivity contribution in [2.45, 2.75) is 18.8 Å². The van der Waals surface area contributed by atoms with Gasteiger partial charge in [0, 0.05) is 6.42 Å². The van der Waals surface area contributed by atoms with Crippen LogP contribution in [0, 0.1) is 11.3 Å². The van der Waals surface area contributed by atoms with Crippen molar-refractivity contribution in [3.63, 3.8) is 0 Å². The molecule has 1 unspecified atom stereocenters. The molecule has 3 nitrogen and oxygen atoms in total. The van der Waals surface area contributed by atoms with E-state index in [1.807, 2.05) is 48.5 Å². The molecule has 0 aromatic heterocycles. The number of ether oxygens (including phenoxy) is 1. The lowest BCUT2D eigenvalue weighted by Gasteiger charge is -2.24. The zero-order valence-electron chi connectivity index (χ0n) is 15.6. The van der Waals surface area contributed by atoms with E-state index in [1.54, 1.807) is 37.3 Å². The van der Waals surface area contributed by atoms with E-state index in [-0.39, 0.29) is 13.0 Å². The van der Waals surface area contributed by atoms with Crippen LogP contribution < -0.4 is 0 Å². The number of rotatable bonds is 6. The van der Waals surface area contributed by atoms with Crippen LogP contribution in [0.15, 0.2) is 78.6 Å². The maximum absolute atomic E-state index is 15.0. The van der Waals surface area contributed by atoms with Crippen molar-refractivity contribution in [2.75, 3.05) is 6.61 Å². The Balaban J connectivity index is 1.98. The monoisotopic (exact) mass is 373 g/mol. The molecular weight excluding hydrogens is 353 g/mol. The summed E-state index contributed by atoms with van der Waals surface area (Å²) in [4.78, 5) is 12.6. The van der Waals surface area contributed by atoms with E-state index in [4.69, 9.17) is 4.74 Å². The summed E-state index contributed by atoms with van der Waals surface area (Å²) in [6, 6.07) is 23.9. The quantitative estimate of drug-likeness (QED) is 0.531. The Labute approximate surface area is 163 Å². The van der Waals surface area contributed by atoms with Gasteiger partial charge in [-0.25, -0.2) is 9.18 Å². The zero-order chi connectivity index (χ0) is 20.0. The van der Waals surface area contributed by atoms with Crippen LogP contribution >= 0.6 is 0 Å². The third-order valence-corrected chi connectivity index (χ3v) is 4.61. The molecule has 0 fully saturated rings. The van der Waals surface area contributed by atoms with Gasteiger partial charge in [0.05, 0.1) is 12.7 Å². The molecule has 0 saturated heterocycles. The summed E-state index contributed by atoms with van der Waals surface area (Å²) >= 11 is 0. The molecule has 0 saturated carbocycles. The topological polar surface area (TPSA) is 50.1 Å². The minimum absolute atomic E-state index is 0.116. The van der Waals surface area contributed by atoms with E-state index >= 15 is 0 Å². The zero-order valence-corrected chi connectivity index (χ0v) is 15.6. The molecule has 3 aromatic carbocycles. The number of benzene rings is 3. The van der Waals surface area contributed by atoms with Crippen LogP contribution in [0.25, 0.3) is 16.8 Å². The molecule has 28 heavy (non-hydrogen) atoms. The van der Waals surface area contributed by atoms with Gasteiger partial charge in [-0.3, -0.25) is 0 Å². The molecule has 0 aliphatic rings. The normalized spacial score (nSPS) is 13.5. The van der Waals surface area contributed by atoms with Gasteiger partial charge in [-0.15, -0.1) is 0 Å². The standard InChI is InChI=1S/C24H20FNO2/c1-2-28-23(27)24(17-26,21-10-4-3-5-11-21)16-22(25)15-18-12-13-19-8-6-7-9-20(19)14-18/h3-15H,2,16H2,1H3/b22-15-. The molecule has 0 amide bonds. The van der Waals surface area contributed by atoms with Gasteiger partial charge in [-0.05, 0) is 41.0 Å². The van der Waals surface area contributed by atoms with Gasteiger partial charge >= 0.3 is 5.97 Å². The second kappa shape index (κ2) is 8.49. The fraction of sp³-hybridized carbons (Fsp3) is 0.167. The highest BCUT2D eigenvalue weighted by atomic mass is 19.1. The van der Waals surface area contributed by atoms with Gasteiger partial charge < -0.3 is 4.74 Å². The number of nitriles is 1. The van der Waals surface area contributed by atoms with Gasteiger partial charge in [0.25, 0.3) is 0 Å². The average Bonchev–Trinajstić information content (AvgIpc) is 2.72. The van der Waals surface area contributed by atoms with Crippen molar-refractivity contribution >= 4 is 22.8 Å². The van der Waals surface area contributed by atoms with Crippen molar-refractivity contribution in [2.24, 2.45) is 0 Å². The number of esters is 1. The largest absolute Gasteiger partial charge is 0.465 e. The van der Waals surface area contributed by atoms with E-state index in [1.165, 1.54) is 6.08 Å². The number of carbonyl (C=O) groups is 1. The molecular formula is C24H20FNO2. The summed E-state index contributed by atoms with van der Waals surface area (Å²) in [7, 11) is 0. The van der Waals surface area contributed by atoms with E-state index in [0.717, 1.165) is 10.8 Å². The van der Waals surface area contributed by atoms with Gasteiger partial charge in [-0.1, -0.05) is 66.7 Å². The molecule has 1 atom stereocenters. The molecule has 0 bridgehead atoms. The molecule has 4 heteroatoms. The second-order valence-electron chi connectivity index (χ2n) is 6.48. The van der Waals surface area contributed by atoms with Crippen molar-refractivity contribution in [1.29, 1.82) is 5.26 Å². The van der Waals surface area contributed by atoms with E-state index < -0.39 is 17.2 Å². The van der Waals surface area contributed by atoms with E-state index in [0.29, 0.717) is 11.1 Å². The van der Waals surface area contributed by atoms with Gasteiger partial charge in [0.1, 0.15) is 5.83 Å². The predicted molar refractivity (Wildman–Crippen MR) is 108 cm³/mol. The molecule has 0 radical (unpaired) electrons. The fourth-order valence-electron chi connectivity index (χ4n) is 3.20. The lowest BCUT2D eigenvalue weighted by molar-refractivity contribution is -0.148. The number of hydrogen-bond donors (Lipinski definition) is 0. The first-order valence-corrected chi connectivity index (χ1v) is 9.08. The summed E-state index contributed by atoms with van der Waals surface area (Å²) in [5.41, 5.74) is -0.646. The first kappa shape index (κ1) is 19.3. The highest BCUT2D eigenvalue weighted by Crippen LogP contribution is 2.34. The lowest BCUT2D eigenvalue weighted by atomic mass is 9.78. The smallest absolute Gasteiger partial charge is 0.331 e. The molecule has 0 aliphatic heterocycles. The van der Waals surface area contributed by atoms with Crippen molar-refractivity contribution < 1.29 is 13.9 Å². The van der Waals surface area contributed by atoms with Crippen LogP contribution in [0.2, 0.25) is 0 Å². The molecule has 0 spiro atoms. The van der Waals surface area contributed by atoms with Crippen LogP contribution in [0.1, 0.15) is 24.5 Å². The Kier molecular flexibility index (Phi) is 5.86. The van der Waals surface area contributed by atoms with Gasteiger partial charge in [0.2, 0.25) is 0 Å². The number of allylic oxidation sites excluding steroid dienone is 1. The number of fused-ring (bicyclic) bond motifs is 1. The molecule has 3 aromatic rings. The first-order chi connectivity index (χ1) is 13.6. The fourth-order valence-corrected chi connectivity index (χ4v) is 3.20. The van der Waals surface area contributed by atoms with Crippen LogP contribution in [0.5, 0.6) is 0 Å². The maximum Gasteiger partial charge on any atom is 0.331 e. The molecule has 3 rings (SSSR count). The summed E-state index contributed by atoms with van der Waals surface area (Å²) in [5, 5.41) is 11.9. The molecule has 0 N–H and O–H groups in total. The minimum atomic E-state index is -1.73. The molecule has 0 aliphatic carbocycles. The molecule has 140 valence electrons. The van der Waals surface area contributed by atoms with Crippen LogP contribution in [-0.4, -0.2) is 12.6 Å². The number of hydrogen-bond acceptors (Lipinski definition) is 3. The summed E-state index contributed by atoms with van der Waals surface area (Å²) < 4.78 is 20.1. The van der Waals surface area contributed by atoms with Crippen LogP contribution in [0.3, 0.4) is 0 Å². The second-order valence-corrected chi connectivity index (χ2v) is 6.48. The van der Waals surface area contributed by atoms with Gasteiger partial charge in [-0.2, -0.15) is 5.26 Å². The SMILES string of the molecule is CCOC(=O)C(C#N)(C/C(F)=C/c1ccc2ccccc2c1)c1ccccc1. The summed E-state index contributed by atoms with van der Waals surface area (Å²) in [6.45, 7) is 1.78. The average molecular weight is 373 g/mol. The van der Waals surface area contributed by atoms with Crippen molar-refractivity contribution in [1.82, 2.24) is 0 Å².